The monoisotopic (exact) mass is 298 g/mol. The van der Waals surface area contributed by atoms with Gasteiger partial charge in [-0.25, -0.2) is 9.67 Å². The number of hydrogen-bond acceptors (Lipinski definition) is 6. The fourth-order valence-corrected chi connectivity index (χ4v) is 2.41. The molecule has 1 aliphatic heterocycles. The van der Waals surface area contributed by atoms with Crippen LogP contribution >= 0.6 is 0 Å². The molecule has 9 heteroatoms. The predicted molar refractivity (Wildman–Crippen MR) is 73.9 cm³/mol. The first kappa shape index (κ1) is 13.7. The normalized spacial score (nSPS) is 12.8. The minimum Gasteiger partial charge on any atom is -0.310 e. The van der Waals surface area contributed by atoms with E-state index in [4.69, 9.17) is 5.26 Å². The van der Waals surface area contributed by atoms with Crippen molar-refractivity contribution in [2.45, 2.75) is 13.0 Å². The summed E-state index contributed by atoms with van der Waals surface area (Å²) in [7, 11) is 0. The Morgan fingerprint density at radius 1 is 1.50 bits per heavy atom. The molecule has 1 amide bonds. The zero-order chi connectivity index (χ0) is 15.7. The lowest BCUT2D eigenvalue weighted by Crippen LogP contribution is -2.32. The number of nitro groups is 1. The molecule has 0 N–H and O–H groups in total. The lowest BCUT2D eigenvalue weighted by Gasteiger charge is -2.16. The average molecular weight is 298 g/mol. The van der Waals surface area contributed by atoms with Crippen LogP contribution in [0.2, 0.25) is 0 Å². The number of nitriles is 1. The van der Waals surface area contributed by atoms with E-state index in [0.29, 0.717) is 18.7 Å². The molecular weight excluding hydrogens is 288 g/mol. The quantitative estimate of drug-likeness (QED) is 0.606. The molecule has 2 aromatic rings. The molecule has 1 aliphatic rings. The van der Waals surface area contributed by atoms with Crippen LogP contribution in [0, 0.1) is 21.4 Å². The molecule has 110 valence electrons. The van der Waals surface area contributed by atoms with Gasteiger partial charge in [0.2, 0.25) is 5.91 Å². The third-order valence-corrected chi connectivity index (χ3v) is 3.40. The third-order valence-electron chi connectivity index (χ3n) is 3.40. The van der Waals surface area contributed by atoms with Crippen molar-refractivity contribution in [2.24, 2.45) is 0 Å². The molecular formula is C13H10N6O3. The fourth-order valence-electron chi connectivity index (χ4n) is 2.41. The molecule has 0 spiro atoms. The Hall–Kier alpha value is -3.28. The van der Waals surface area contributed by atoms with E-state index in [1.807, 2.05) is 0 Å². The summed E-state index contributed by atoms with van der Waals surface area (Å²) in [4.78, 5) is 27.9. The van der Waals surface area contributed by atoms with Gasteiger partial charge in [0.05, 0.1) is 4.92 Å². The number of carbonyl (C=O) groups excluding carboxylic acids is 1. The zero-order valence-electron chi connectivity index (χ0n) is 11.3. The Balaban J connectivity index is 1.79. The van der Waals surface area contributed by atoms with E-state index in [1.165, 1.54) is 23.1 Å². The van der Waals surface area contributed by atoms with Gasteiger partial charge in [-0.05, 0) is 18.1 Å². The van der Waals surface area contributed by atoms with Crippen molar-refractivity contribution in [3.63, 3.8) is 0 Å². The summed E-state index contributed by atoms with van der Waals surface area (Å²) >= 11 is 0. The topological polar surface area (TPSA) is 118 Å². The smallest absolute Gasteiger partial charge is 0.269 e. The third kappa shape index (κ3) is 2.37. The van der Waals surface area contributed by atoms with Crippen LogP contribution in [0.15, 0.2) is 24.5 Å². The number of nitrogens with zero attached hydrogens (tertiary/aromatic N) is 6. The Kier molecular flexibility index (Phi) is 3.27. The second-order valence-electron chi connectivity index (χ2n) is 4.74. The SMILES string of the molecule is N#Cc1ncn(CC(=O)N2CCc3cc([N+](=O)[O-])ccc32)n1. The van der Waals surface area contributed by atoms with E-state index < -0.39 is 4.92 Å². The number of rotatable bonds is 3. The first-order chi connectivity index (χ1) is 10.6. The summed E-state index contributed by atoms with van der Waals surface area (Å²) in [6.45, 7) is 0.431. The minimum atomic E-state index is -0.455. The maximum atomic E-state index is 12.3. The van der Waals surface area contributed by atoms with Gasteiger partial charge in [-0.2, -0.15) is 5.26 Å². The first-order valence-electron chi connectivity index (χ1n) is 6.45. The van der Waals surface area contributed by atoms with Crippen molar-refractivity contribution in [1.29, 1.82) is 5.26 Å². The van der Waals surface area contributed by atoms with Gasteiger partial charge in [0.25, 0.3) is 11.5 Å². The number of benzene rings is 1. The number of carbonyl (C=O) groups is 1. The summed E-state index contributed by atoms with van der Waals surface area (Å²) < 4.78 is 1.30. The van der Waals surface area contributed by atoms with E-state index in [9.17, 15) is 14.9 Å². The zero-order valence-corrected chi connectivity index (χ0v) is 11.3. The molecule has 0 saturated heterocycles. The standard InChI is InChI=1S/C13H10N6O3/c14-6-12-15-8-17(16-12)7-13(20)18-4-3-9-5-10(19(21)22)1-2-11(9)18/h1-2,5,8H,3-4,7H2. The second kappa shape index (κ2) is 5.25. The van der Waals surface area contributed by atoms with Crippen molar-refractivity contribution in [3.8, 4) is 6.07 Å². The van der Waals surface area contributed by atoms with Crippen molar-refractivity contribution >= 4 is 17.3 Å². The van der Waals surface area contributed by atoms with Crippen LogP contribution in [-0.2, 0) is 17.8 Å². The second-order valence-corrected chi connectivity index (χ2v) is 4.74. The molecule has 9 nitrogen and oxygen atoms in total. The lowest BCUT2D eigenvalue weighted by atomic mass is 10.1. The summed E-state index contributed by atoms with van der Waals surface area (Å²) in [5.74, 6) is -0.202. The maximum absolute atomic E-state index is 12.3. The first-order valence-corrected chi connectivity index (χ1v) is 6.45. The maximum Gasteiger partial charge on any atom is 0.269 e. The molecule has 3 rings (SSSR count). The van der Waals surface area contributed by atoms with Gasteiger partial charge in [0, 0.05) is 24.4 Å². The van der Waals surface area contributed by atoms with Crippen molar-refractivity contribution in [2.75, 3.05) is 11.4 Å². The van der Waals surface area contributed by atoms with Gasteiger partial charge in [0.15, 0.2) is 0 Å². The highest BCUT2D eigenvalue weighted by Crippen LogP contribution is 2.31. The summed E-state index contributed by atoms with van der Waals surface area (Å²) in [5.41, 5.74) is 1.47. The molecule has 0 fully saturated rings. The molecule has 0 atom stereocenters. The van der Waals surface area contributed by atoms with Crippen LogP contribution in [-0.4, -0.2) is 32.1 Å². The molecule has 0 saturated carbocycles. The average Bonchev–Trinajstić information content (AvgIpc) is 3.12. The molecule has 1 aromatic carbocycles. The minimum absolute atomic E-state index is 0.00486. The van der Waals surface area contributed by atoms with Gasteiger partial charge in [-0.3, -0.25) is 14.9 Å². The largest absolute Gasteiger partial charge is 0.310 e. The van der Waals surface area contributed by atoms with Crippen LogP contribution in [0.4, 0.5) is 11.4 Å². The Morgan fingerprint density at radius 2 is 2.32 bits per heavy atom. The number of anilines is 1. The molecule has 2 heterocycles. The van der Waals surface area contributed by atoms with Gasteiger partial charge >= 0.3 is 0 Å². The highest BCUT2D eigenvalue weighted by molar-refractivity contribution is 5.95. The van der Waals surface area contributed by atoms with E-state index in [0.717, 1.165) is 5.56 Å². The predicted octanol–water partition coefficient (Wildman–Crippen LogP) is 0.647. The molecule has 1 aromatic heterocycles. The fraction of sp³-hybridized carbons (Fsp3) is 0.231. The highest BCUT2D eigenvalue weighted by atomic mass is 16.6. The summed E-state index contributed by atoms with van der Waals surface area (Å²) in [6, 6.07) is 6.25. The lowest BCUT2D eigenvalue weighted by molar-refractivity contribution is -0.384. The number of hydrogen-bond donors (Lipinski definition) is 0. The Labute approximate surface area is 124 Å². The van der Waals surface area contributed by atoms with Crippen molar-refractivity contribution in [3.05, 3.63) is 46.0 Å². The van der Waals surface area contributed by atoms with Crippen molar-refractivity contribution in [1.82, 2.24) is 14.8 Å². The highest BCUT2D eigenvalue weighted by Gasteiger charge is 2.26. The van der Waals surface area contributed by atoms with Crippen LogP contribution in [0.3, 0.4) is 0 Å². The number of non-ortho nitro benzene ring substituents is 1. The molecule has 0 unspecified atom stereocenters. The summed E-state index contributed by atoms with van der Waals surface area (Å²) in [6.07, 6.45) is 1.90. The van der Waals surface area contributed by atoms with Crippen molar-refractivity contribution < 1.29 is 9.72 Å². The Bertz CT molecular complexity index is 806. The van der Waals surface area contributed by atoms with E-state index >= 15 is 0 Å². The number of fused-ring (bicyclic) bond motifs is 1. The van der Waals surface area contributed by atoms with Gasteiger partial charge in [-0.1, -0.05) is 0 Å². The van der Waals surface area contributed by atoms with Gasteiger partial charge < -0.3 is 4.90 Å². The number of amides is 1. The van der Waals surface area contributed by atoms with Crippen LogP contribution < -0.4 is 4.90 Å². The molecule has 0 radical (unpaired) electrons. The molecule has 0 bridgehead atoms. The van der Waals surface area contributed by atoms with Gasteiger partial charge in [-0.15, -0.1) is 5.10 Å². The number of nitro benzene ring substituents is 1. The van der Waals surface area contributed by atoms with Crippen LogP contribution in [0.5, 0.6) is 0 Å². The summed E-state index contributed by atoms with van der Waals surface area (Å²) in [5, 5.41) is 23.3. The molecule has 0 aliphatic carbocycles. The van der Waals surface area contributed by atoms with Crippen LogP contribution in [0.25, 0.3) is 0 Å². The van der Waals surface area contributed by atoms with Crippen LogP contribution in [0.1, 0.15) is 11.4 Å². The van der Waals surface area contributed by atoms with E-state index in [-0.39, 0.29) is 24.0 Å². The number of aromatic nitrogens is 3. The molecule has 22 heavy (non-hydrogen) atoms. The Morgan fingerprint density at radius 3 is 3.00 bits per heavy atom. The van der Waals surface area contributed by atoms with Gasteiger partial charge in [0.1, 0.15) is 18.9 Å². The van der Waals surface area contributed by atoms with E-state index in [1.54, 1.807) is 17.0 Å². The van der Waals surface area contributed by atoms with E-state index in [2.05, 4.69) is 10.1 Å².